The van der Waals surface area contributed by atoms with Gasteiger partial charge in [0, 0.05) is 0 Å². The van der Waals surface area contributed by atoms with Crippen LogP contribution in [0, 0.1) is 6.92 Å². The standard InChI is InChI=1S/C15H15NO2/c1-10-7-8-12(14(16)15(17)18)9-13(10)11-5-3-2-4-6-11/h2-9,14H,16H2,1H3,(H,17,18). The van der Waals surface area contributed by atoms with Crippen LogP contribution in [0.15, 0.2) is 48.5 Å². The molecule has 0 aliphatic rings. The number of hydrogen-bond donors (Lipinski definition) is 2. The summed E-state index contributed by atoms with van der Waals surface area (Å²) in [6, 6.07) is 14.4. The van der Waals surface area contributed by atoms with Crippen molar-refractivity contribution >= 4 is 5.97 Å². The van der Waals surface area contributed by atoms with Crippen molar-refractivity contribution in [1.82, 2.24) is 0 Å². The third-order valence-electron chi connectivity index (χ3n) is 2.97. The maximum Gasteiger partial charge on any atom is 0.325 e. The second-order valence-electron chi connectivity index (χ2n) is 4.26. The Morgan fingerprint density at radius 3 is 2.44 bits per heavy atom. The fourth-order valence-electron chi connectivity index (χ4n) is 1.90. The van der Waals surface area contributed by atoms with E-state index in [0.29, 0.717) is 5.56 Å². The number of carbonyl (C=O) groups is 1. The van der Waals surface area contributed by atoms with Gasteiger partial charge in [0.25, 0.3) is 0 Å². The fourth-order valence-corrected chi connectivity index (χ4v) is 1.90. The van der Waals surface area contributed by atoms with E-state index in [1.54, 1.807) is 6.07 Å². The highest BCUT2D eigenvalue weighted by atomic mass is 16.4. The van der Waals surface area contributed by atoms with Gasteiger partial charge >= 0.3 is 5.97 Å². The smallest absolute Gasteiger partial charge is 0.325 e. The van der Waals surface area contributed by atoms with E-state index in [4.69, 9.17) is 10.8 Å². The number of aryl methyl sites for hydroxylation is 1. The molecule has 0 spiro atoms. The Labute approximate surface area is 106 Å². The SMILES string of the molecule is Cc1ccc(C(N)C(=O)O)cc1-c1ccccc1. The molecule has 0 amide bonds. The molecule has 0 fully saturated rings. The highest BCUT2D eigenvalue weighted by Gasteiger charge is 2.15. The van der Waals surface area contributed by atoms with Gasteiger partial charge in [0.2, 0.25) is 0 Å². The van der Waals surface area contributed by atoms with E-state index >= 15 is 0 Å². The van der Waals surface area contributed by atoms with Crippen molar-refractivity contribution in [3.05, 3.63) is 59.7 Å². The highest BCUT2D eigenvalue weighted by Crippen LogP contribution is 2.26. The maximum atomic E-state index is 10.9. The molecule has 0 aliphatic carbocycles. The van der Waals surface area contributed by atoms with Crippen LogP contribution in [0.5, 0.6) is 0 Å². The van der Waals surface area contributed by atoms with Gasteiger partial charge in [-0.05, 0) is 35.2 Å². The van der Waals surface area contributed by atoms with Gasteiger partial charge in [-0.15, -0.1) is 0 Å². The summed E-state index contributed by atoms with van der Waals surface area (Å²) >= 11 is 0. The van der Waals surface area contributed by atoms with Crippen molar-refractivity contribution < 1.29 is 9.90 Å². The molecule has 2 aromatic rings. The Morgan fingerprint density at radius 1 is 1.17 bits per heavy atom. The molecule has 1 unspecified atom stereocenters. The lowest BCUT2D eigenvalue weighted by Crippen LogP contribution is -2.20. The Bertz CT molecular complexity index is 564. The predicted molar refractivity (Wildman–Crippen MR) is 71.2 cm³/mol. The monoisotopic (exact) mass is 241 g/mol. The Kier molecular flexibility index (Phi) is 3.44. The molecule has 0 radical (unpaired) electrons. The van der Waals surface area contributed by atoms with Crippen LogP contribution in [0.1, 0.15) is 17.2 Å². The van der Waals surface area contributed by atoms with E-state index < -0.39 is 12.0 Å². The molecule has 0 aliphatic heterocycles. The van der Waals surface area contributed by atoms with Crippen molar-refractivity contribution in [2.75, 3.05) is 0 Å². The Morgan fingerprint density at radius 2 is 1.83 bits per heavy atom. The summed E-state index contributed by atoms with van der Waals surface area (Å²) in [5, 5.41) is 8.94. The minimum absolute atomic E-state index is 0.618. The number of hydrogen-bond acceptors (Lipinski definition) is 2. The first-order valence-electron chi connectivity index (χ1n) is 5.74. The van der Waals surface area contributed by atoms with Crippen molar-refractivity contribution in [3.63, 3.8) is 0 Å². The Hall–Kier alpha value is -2.13. The number of nitrogens with two attached hydrogens (primary N) is 1. The van der Waals surface area contributed by atoms with Crippen molar-refractivity contribution in [1.29, 1.82) is 0 Å². The molecule has 0 saturated heterocycles. The van der Waals surface area contributed by atoms with Crippen molar-refractivity contribution in [2.24, 2.45) is 5.73 Å². The molecule has 3 N–H and O–H groups in total. The van der Waals surface area contributed by atoms with E-state index in [-0.39, 0.29) is 0 Å². The quantitative estimate of drug-likeness (QED) is 0.868. The molecule has 3 heteroatoms. The van der Waals surface area contributed by atoms with Gasteiger partial charge in [-0.2, -0.15) is 0 Å². The van der Waals surface area contributed by atoms with Crippen LogP contribution in [-0.4, -0.2) is 11.1 Å². The predicted octanol–water partition coefficient (Wildman–Crippen LogP) is 2.75. The van der Waals surface area contributed by atoms with Gasteiger partial charge in [0.1, 0.15) is 6.04 Å². The van der Waals surface area contributed by atoms with Crippen LogP contribution in [0.25, 0.3) is 11.1 Å². The van der Waals surface area contributed by atoms with Gasteiger partial charge < -0.3 is 10.8 Å². The summed E-state index contributed by atoms with van der Waals surface area (Å²) in [6.45, 7) is 2.00. The summed E-state index contributed by atoms with van der Waals surface area (Å²) in [5.74, 6) is -1.02. The number of carboxylic acids is 1. The van der Waals surface area contributed by atoms with Crippen LogP contribution in [-0.2, 0) is 4.79 Å². The summed E-state index contributed by atoms with van der Waals surface area (Å²) in [5.41, 5.74) is 9.44. The van der Waals surface area contributed by atoms with E-state index in [1.807, 2.05) is 49.4 Å². The lowest BCUT2D eigenvalue weighted by atomic mass is 9.96. The number of rotatable bonds is 3. The zero-order valence-electron chi connectivity index (χ0n) is 10.1. The van der Waals surface area contributed by atoms with Crippen molar-refractivity contribution in [2.45, 2.75) is 13.0 Å². The highest BCUT2D eigenvalue weighted by molar-refractivity contribution is 5.77. The van der Waals surface area contributed by atoms with Gasteiger partial charge in [-0.1, -0.05) is 42.5 Å². The van der Waals surface area contributed by atoms with Gasteiger partial charge in [0.15, 0.2) is 0 Å². The average Bonchev–Trinajstić information content (AvgIpc) is 2.39. The van der Waals surface area contributed by atoms with E-state index in [9.17, 15) is 4.79 Å². The minimum atomic E-state index is -1.02. The normalized spacial score (nSPS) is 12.1. The lowest BCUT2D eigenvalue weighted by molar-refractivity contribution is -0.138. The summed E-state index contributed by atoms with van der Waals surface area (Å²) in [7, 11) is 0. The average molecular weight is 241 g/mol. The minimum Gasteiger partial charge on any atom is -0.480 e. The van der Waals surface area contributed by atoms with E-state index in [1.165, 1.54) is 0 Å². The molecular weight excluding hydrogens is 226 g/mol. The number of carboxylic acid groups (broad SMARTS) is 1. The van der Waals surface area contributed by atoms with Crippen LogP contribution in [0.2, 0.25) is 0 Å². The lowest BCUT2D eigenvalue weighted by Gasteiger charge is -2.12. The molecule has 0 aromatic heterocycles. The van der Waals surface area contributed by atoms with Crippen LogP contribution >= 0.6 is 0 Å². The first-order valence-corrected chi connectivity index (χ1v) is 5.74. The molecular formula is C15H15NO2. The maximum absolute atomic E-state index is 10.9. The molecule has 0 heterocycles. The first-order chi connectivity index (χ1) is 8.59. The fraction of sp³-hybridized carbons (Fsp3) is 0.133. The molecule has 2 aromatic carbocycles. The topological polar surface area (TPSA) is 63.3 Å². The summed E-state index contributed by atoms with van der Waals surface area (Å²) in [6.07, 6.45) is 0. The number of benzene rings is 2. The molecule has 0 saturated carbocycles. The number of aliphatic carboxylic acids is 1. The van der Waals surface area contributed by atoms with E-state index in [2.05, 4.69) is 0 Å². The van der Waals surface area contributed by atoms with Crippen LogP contribution < -0.4 is 5.73 Å². The van der Waals surface area contributed by atoms with Crippen LogP contribution in [0.4, 0.5) is 0 Å². The molecule has 92 valence electrons. The third-order valence-corrected chi connectivity index (χ3v) is 2.97. The third kappa shape index (κ3) is 2.41. The second kappa shape index (κ2) is 5.02. The largest absolute Gasteiger partial charge is 0.480 e. The van der Waals surface area contributed by atoms with Crippen LogP contribution in [0.3, 0.4) is 0 Å². The second-order valence-corrected chi connectivity index (χ2v) is 4.26. The Balaban J connectivity index is 2.49. The zero-order chi connectivity index (χ0) is 13.1. The molecule has 0 bridgehead atoms. The van der Waals surface area contributed by atoms with Gasteiger partial charge in [-0.25, -0.2) is 0 Å². The molecule has 1 atom stereocenters. The van der Waals surface area contributed by atoms with E-state index in [0.717, 1.165) is 16.7 Å². The first kappa shape index (κ1) is 12.3. The zero-order valence-corrected chi connectivity index (χ0v) is 10.1. The van der Waals surface area contributed by atoms with Gasteiger partial charge in [0.05, 0.1) is 0 Å². The molecule has 2 rings (SSSR count). The van der Waals surface area contributed by atoms with Gasteiger partial charge in [-0.3, -0.25) is 4.79 Å². The summed E-state index contributed by atoms with van der Waals surface area (Å²) in [4.78, 5) is 10.9. The van der Waals surface area contributed by atoms with Crippen molar-refractivity contribution in [3.8, 4) is 11.1 Å². The molecule has 18 heavy (non-hydrogen) atoms. The molecule has 3 nitrogen and oxygen atoms in total. The summed E-state index contributed by atoms with van der Waals surface area (Å²) < 4.78 is 0.